The molecule has 1 aromatic heterocycles. The van der Waals surface area contributed by atoms with Gasteiger partial charge in [-0.2, -0.15) is 4.37 Å². The maximum absolute atomic E-state index is 4.44. The van der Waals surface area contributed by atoms with Crippen molar-refractivity contribution in [3.63, 3.8) is 0 Å². The molecule has 0 bridgehead atoms. The highest BCUT2D eigenvalue weighted by Gasteiger charge is 2.15. The zero-order valence-electron chi connectivity index (χ0n) is 9.89. The standard InChI is InChI=1S/C12H16N4S/c1-15-6-8-16(9-7-15)13-12-10-4-2-3-5-11(10)14-17-12/h2-5,13H,6-9H2,1H3. The number of rotatable bonds is 2. The molecule has 1 fully saturated rings. The summed E-state index contributed by atoms with van der Waals surface area (Å²) in [5.41, 5.74) is 4.56. The summed E-state index contributed by atoms with van der Waals surface area (Å²) in [6.07, 6.45) is 0. The van der Waals surface area contributed by atoms with Crippen molar-refractivity contribution in [2.45, 2.75) is 0 Å². The van der Waals surface area contributed by atoms with E-state index in [2.05, 4.69) is 45.0 Å². The Morgan fingerprint density at radius 1 is 1.18 bits per heavy atom. The molecule has 1 aliphatic heterocycles. The molecule has 0 unspecified atom stereocenters. The van der Waals surface area contributed by atoms with Crippen molar-refractivity contribution >= 4 is 27.4 Å². The van der Waals surface area contributed by atoms with Crippen molar-refractivity contribution in [2.75, 3.05) is 38.7 Å². The van der Waals surface area contributed by atoms with E-state index >= 15 is 0 Å². The summed E-state index contributed by atoms with van der Waals surface area (Å²) in [5, 5.41) is 4.65. The van der Waals surface area contributed by atoms with Crippen LogP contribution in [0.25, 0.3) is 10.9 Å². The Hall–Kier alpha value is -1.17. The number of anilines is 1. The number of nitrogens with zero attached hydrogens (tertiary/aromatic N) is 3. The van der Waals surface area contributed by atoms with Gasteiger partial charge in [-0.1, -0.05) is 12.1 Å². The van der Waals surface area contributed by atoms with E-state index in [4.69, 9.17) is 0 Å². The number of hydrazine groups is 1. The fourth-order valence-corrected chi connectivity index (χ4v) is 2.82. The Bertz CT molecular complexity index is 502. The molecule has 17 heavy (non-hydrogen) atoms. The summed E-state index contributed by atoms with van der Waals surface area (Å²) in [5.74, 6) is 0. The molecule has 1 saturated heterocycles. The van der Waals surface area contributed by atoms with Crippen LogP contribution in [0.1, 0.15) is 0 Å². The molecule has 0 atom stereocenters. The van der Waals surface area contributed by atoms with Crippen LogP contribution in [0.2, 0.25) is 0 Å². The van der Waals surface area contributed by atoms with Crippen LogP contribution in [0.4, 0.5) is 5.00 Å². The molecule has 0 radical (unpaired) electrons. The van der Waals surface area contributed by atoms with E-state index < -0.39 is 0 Å². The number of fused-ring (bicyclic) bond motifs is 1. The van der Waals surface area contributed by atoms with Crippen LogP contribution in [-0.4, -0.2) is 47.5 Å². The van der Waals surface area contributed by atoms with Gasteiger partial charge in [0.1, 0.15) is 5.00 Å². The second kappa shape index (κ2) is 4.60. The summed E-state index contributed by atoms with van der Waals surface area (Å²) in [4.78, 5) is 2.35. The lowest BCUT2D eigenvalue weighted by atomic mass is 10.2. The van der Waals surface area contributed by atoms with Gasteiger partial charge in [-0.15, -0.1) is 0 Å². The minimum Gasteiger partial charge on any atom is -0.308 e. The molecule has 1 N–H and O–H groups in total. The fraction of sp³-hybridized carbons (Fsp3) is 0.417. The SMILES string of the molecule is CN1CCN(Nc2snc3ccccc23)CC1. The van der Waals surface area contributed by atoms with E-state index in [0.29, 0.717) is 0 Å². The summed E-state index contributed by atoms with van der Waals surface area (Å²) < 4.78 is 4.44. The zero-order valence-corrected chi connectivity index (χ0v) is 10.7. The number of nitrogens with one attached hydrogen (secondary N) is 1. The first kappa shape index (κ1) is 11.0. The normalized spacial score (nSPS) is 18.6. The molecule has 2 heterocycles. The molecule has 5 heteroatoms. The first-order valence-electron chi connectivity index (χ1n) is 5.87. The molecule has 3 rings (SSSR count). The third-order valence-electron chi connectivity index (χ3n) is 3.15. The summed E-state index contributed by atoms with van der Waals surface area (Å²) in [6.45, 7) is 4.35. The number of likely N-dealkylation sites (N-methyl/N-ethyl adjacent to an activating group) is 1. The predicted octanol–water partition coefficient (Wildman–Crippen LogP) is 1.87. The van der Waals surface area contributed by atoms with Gasteiger partial charge in [0.05, 0.1) is 5.52 Å². The summed E-state index contributed by atoms with van der Waals surface area (Å²) >= 11 is 1.54. The molecule has 90 valence electrons. The number of piperazine rings is 1. The smallest absolute Gasteiger partial charge is 0.131 e. The molecule has 2 aromatic rings. The van der Waals surface area contributed by atoms with Gasteiger partial charge in [-0.3, -0.25) is 0 Å². The summed E-state index contributed by atoms with van der Waals surface area (Å²) in [6, 6.07) is 8.27. The van der Waals surface area contributed by atoms with Crippen molar-refractivity contribution in [1.82, 2.24) is 14.3 Å². The van der Waals surface area contributed by atoms with E-state index in [0.717, 1.165) is 36.7 Å². The highest BCUT2D eigenvalue weighted by molar-refractivity contribution is 7.11. The first-order chi connectivity index (χ1) is 8.33. The first-order valence-corrected chi connectivity index (χ1v) is 6.65. The van der Waals surface area contributed by atoms with Gasteiger partial charge >= 0.3 is 0 Å². The highest BCUT2D eigenvalue weighted by Crippen LogP contribution is 2.27. The van der Waals surface area contributed by atoms with Crippen molar-refractivity contribution in [1.29, 1.82) is 0 Å². The van der Waals surface area contributed by atoms with Crippen LogP contribution in [0.3, 0.4) is 0 Å². The topological polar surface area (TPSA) is 31.4 Å². The van der Waals surface area contributed by atoms with Gasteiger partial charge in [0, 0.05) is 31.6 Å². The Morgan fingerprint density at radius 2 is 1.94 bits per heavy atom. The lowest BCUT2D eigenvalue weighted by Crippen LogP contribution is -2.46. The third-order valence-corrected chi connectivity index (χ3v) is 3.93. The second-order valence-corrected chi connectivity index (χ2v) is 5.20. The molecular weight excluding hydrogens is 232 g/mol. The minimum atomic E-state index is 1.06. The van der Waals surface area contributed by atoms with E-state index in [9.17, 15) is 0 Å². The van der Waals surface area contributed by atoms with Crippen LogP contribution < -0.4 is 5.43 Å². The Kier molecular flexibility index (Phi) is 2.96. The average molecular weight is 248 g/mol. The van der Waals surface area contributed by atoms with Crippen LogP contribution >= 0.6 is 11.5 Å². The van der Waals surface area contributed by atoms with Gasteiger partial charge in [-0.25, -0.2) is 5.01 Å². The molecule has 0 aliphatic carbocycles. The van der Waals surface area contributed by atoms with Crippen LogP contribution in [0.15, 0.2) is 24.3 Å². The zero-order chi connectivity index (χ0) is 11.7. The molecule has 4 nitrogen and oxygen atoms in total. The molecular formula is C12H16N4S. The van der Waals surface area contributed by atoms with Crippen LogP contribution in [-0.2, 0) is 0 Å². The largest absolute Gasteiger partial charge is 0.308 e. The predicted molar refractivity (Wildman–Crippen MR) is 72.3 cm³/mol. The Labute approximate surface area is 105 Å². The Balaban J connectivity index is 1.76. The molecule has 0 saturated carbocycles. The van der Waals surface area contributed by atoms with E-state index in [1.54, 1.807) is 11.5 Å². The molecule has 0 amide bonds. The van der Waals surface area contributed by atoms with Gasteiger partial charge < -0.3 is 10.3 Å². The van der Waals surface area contributed by atoms with E-state index in [-0.39, 0.29) is 0 Å². The fourth-order valence-electron chi connectivity index (χ4n) is 2.03. The number of hydrogen-bond donors (Lipinski definition) is 1. The molecule has 1 aliphatic rings. The lowest BCUT2D eigenvalue weighted by molar-refractivity contribution is 0.179. The number of hydrogen-bond acceptors (Lipinski definition) is 5. The van der Waals surface area contributed by atoms with Crippen molar-refractivity contribution in [2.24, 2.45) is 0 Å². The average Bonchev–Trinajstić information content (AvgIpc) is 2.76. The van der Waals surface area contributed by atoms with Crippen LogP contribution in [0.5, 0.6) is 0 Å². The Morgan fingerprint density at radius 3 is 2.76 bits per heavy atom. The van der Waals surface area contributed by atoms with Gasteiger partial charge in [0.25, 0.3) is 0 Å². The lowest BCUT2D eigenvalue weighted by Gasteiger charge is -2.32. The maximum Gasteiger partial charge on any atom is 0.131 e. The molecule has 0 spiro atoms. The minimum absolute atomic E-state index is 1.06. The number of aromatic nitrogens is 1. The van der Waals surface area contributed by atoms with Gasteiger partial charge in [0.2, 0.25) is 0 Å². The second-order valence-electron chi connectivity index (χ2n) is 4.43. The molecule has 1 aromatic carbocycles. The highest BCUT2D eigenvalue weighted by atomic mass is 32.1. The monoisotopic (exact) mass is 248 g/mol. The number of benzene rings is 1. The van der Waals surface area contributed by atoms with Gasteiger partial charge in [-0.05, 0) is 30.7 Å². The van der Waals surface area contributed by atoms with Crippen LogP contribution in [0, 0.1) is 0 Å². The van der Waals surface area contributed by atoms with Crippen molar-refractivity contribution in [3.05, 3.63) is 24.3 Å². The van der Waals surface area contributed by atoms with E-state index in [1.807, 2.05) is 6.07 Å². The maximum atomic E-state index is 4.44. The van der Waals surface area contributed by atoms with Crippen molar-refractivity contribution < 1.29 is 0 Å². The summed E-state index contributed by atoms with van der Waals surface area (Å²) in [7, 11) is 2.17. The van der Waals surface area contributed by atoms with Crippen molar-refractivity contribution in [3.8, 4) is 0 Å². The third kappa shape index (κ3) is 2.26. The van der Waals surface area contributed by atoms with E-state index in [1.165, 1.54) is 5.39 Å². The van der Waals surface area contributed by atoms with Gasteiger partial charge in [0.15, 0.2) is 0 Å². The quantitative estimate of drug-likeness (QED) is 0.879.